The van der Waals surface area contributed by atoms with Gasteiger partial charge in [-0.1, -0.05) is 43.3 Å². The van der Waals surface area contributed by atoms with Gasteiger partial charge in [0.05, 0.1) is 5.69 Å². The lowest BCUT2D eigenvalue weighted by atomic mass is 10.0. The Labute approximate surface area is 142 Å². The van der Waals surface area contributed by atoms with Gasteiger partial charge in [0.15, 0.2) is 0 Å². The Morgan fingerprint density at radius 1 is 1.04 bits per heavy atom. The Morgan fingerprint density at radius 3 is 2.42 bits per heavy atom. The molecule has 0 aliphatic carbocycles. The summed E-state index contributed by atoms with van der Waals surface area (Å²) < 4.78 is 0. The molecular formula is C19H23N3O2. The van der Waals surface area contributed by atoms with Crippen LogP contribution in [0.2, 0.25) is 0 Å². The van der Waals surface area contributed by atoms with E-state index in [2.05, 4.69) is 15.6 Å². The van der Waals surface area contributed by atoms with Crippen LogP contribution in [0.5, 0.6) is 0 Å². The quantitative estimate of drug-likeness (QED) is 0.858. The van der Waals surface area contributed by atoms with E-state index in [1.165, 1.54) is 0 Å². The molecule has 0 spiro atoms. The second kappa shape index (κ2) is 8.24. The Balaban J connectivity index is 2.04. The molecule has 1 aromatic heterocycles. The number of nitrogens with one attached hydrogen (secondary N) is 2. The number of amides is 2. The first-order chi connectivity index (χ1) is 11.5. The highest BCUT2D eigenvalue weighted by atomic mass is 16.2. The highest BCUT2D eigenvalue weighted by molar-refractivity contribution is 5.93. The van der Waals surface area contributed by atoms with Crippen molar-refractivity contribution in [1.29, 1.82) is 0 Å². The van der Waals surface area contributed by atoms with E-state index in [9.17, 15) is 9.59 Å². The normalized spacial score (nSPS) is 13.0. The van der Waals surface area contributed by atoms with Crippen LogP contribution >= 0.6 is 0 Å². The Kier molecular flexibility index (Phi) is 6.07. The molecule has 5 nitrogen and oxygen atoms in total. The van der Waals surface area contributed by atoms with E-state index in [1.807, 2.05) is 56.3 Å². The van der Waals surface area contributed by atoms with Gasteiger partial charge in [-0.25, -0.2) is 4.98 Å². The molecule has 2 unspecified atom stereocenters. The summed E-state index contributed by atoms with van der Waals surface area (Å²) in [6, 6.07) is 15.0. The van der Waals surface area contributed by atoms with Crippen molar-refractivity contribution in [2.45, 2.75) is 26.3 Å². The molecule has 0 bridgehead atoms. The van der Waals surface area contributed by atoms with Crippen molar-refractivity contribution in [3.8, 4) is 11.3 Å². The minimum Gasteiger partial charge on any atom is -0.359 e. The summed E-state index contributed by atoms with van der Waals surface area (Å²) in [7, 11) is 1.61. The molecule has 1 aromatic carbocycles. The third-order valence-corrected chi connectivity index (χ3v) is 3.83. The molecule has 0 saturated heterocycles. The van der Waals surface area contributed by atoms with E-state index >= 15 is 0 Å². The topological polar surface area (TPSA) is 71.1 Å². The minimum atomic E-state index is -0.232. The van der Waals surface area contributed by atoms with E-state index in [-0.39, 0.29) is 23.8 Å². The maximum atomic E-state index is 12.4. The molecule has 2 N–H and O–H groups in total. The van der Waals surface area contributed by atoms with Gasteiger partial charge < -0.3 is 10.6 Å². The van der Waals surface area contributed by atoms with Gasteiger partial charge in [-0.3, -0.25) is 9.59 Å². The molecule has 2 aromatic rings. The van der Waals surface area contributed by atoms with Gasteiger partial charge in [-0.15, -0.1) is 0 Å². The van der Waals surface area contributed by atoms with Crippen molar-refractivity contribution in [3.05, 3.63) is 54.2 Å². The first kappa shape index (κ1) is 17.7. The van der Waals surface area contributed by atoms with Crippen molar-refractivity contribution in [3.63, 3.8) is 0 Å². The van der Waals surface area contributed by atoms with E-state index in [0.717, 1.165) is 11.3 Å². The summed E-state index contributed by atoms with van der Waals surface area (Å²) in [5.41, 5.74) is 2.10. The van der Waals surface area contributed by atoms with Gasteiger partial charge in [-0.2, -0.15) is 0 Å². The van der Waals surface area contributed by atoms with Crippen LogP contribution < -0.4 is 10.6 Å². The number of rotatable bonds is 6. The van der Waals surface area contributed by atoms with Gasteiger partial charge in [0, 0.05) is 24.6 Å². The zero-order valence-electron chi connectivity index (χ0n) is 14.2. The zero-order chi connectivity index (χ0) is 17.5. The summed E-state index contributed by atoms with van der Waals surface area (Å²) in [4.78, 5) is 28.4. The minimum absolute atomic E-state index is 0.0275. The van der Waals surface area contributed by atoms with Gasteiger partial charge >= 0.3 is 0 Å². The second-order valence-corrected chi connectivity index (χ2v) is 5.90. The molecule has 126 valence electrons. The van der Waals surface area contributed by atoms with Crippen molar-refractivity contribution >= 4 is 11.8 Å². The predicted octanol–water partition coefficient (Wildman–Crippen LogP) is 2.64. The predicted molar refractivity (Wildman–Crippen MR) is 94.4 cm³/mol. The maximum Gasteiger partial charge on any atom is 0.270 e. The van der Waals surface area contributed by atoms with E-state index in [1.54, 1.807) is 13.1 Å². The standard InChI is InChI=1S/C19H23N3O2/c1-13(18(23)20-3)12-14(2)21-19(24)17-11-7-10-16(22-17)15-8-5-4-6-9-15/h4-11,13-14H,12H2,1-3H3,(H,20,23)(H,21,24). The van der Waals surface area contributed by atoms with Crippen LogP contribution in [0.1, 0.15) is 30.8 Å². The highest BCUT2D eigenvalue weighted by Crippen LogP contribution is 2.16. The van der Waals surface area contributed by atoms with E-state index < -0.39 is 0 Å². The third kappa shape index (κ3) is 4.65. The highest BCUT2D eigenvalue weighted by Gasteiger charge is 2.18. The molecule has 5 heteroatoms. The van der Waals surface area contributed by atoms with Crippen molar-refractivity contribution < 1.29 is 9.59 Å². The molecule has 2 atom stereocenters. The fourth-order valence-corrected chi connectivity index (χ4v) is 2.57. The van der Waals surface area contributed by atoms with Crippen LogP contribution in [0.25, 0.3) is 11.3 Å². The Bertz CT molecular complexity index is 701. The first-order valence-corrected chi connectivity index (χ1v) is 8.06. The smallest absolute Gasteiger partial charge is 0.270 e. The number of pyridine rings is 1. The summed E-state index contributed by atoms with van der Waals surface area (Å²) in [5, 5.41) is 5.52. The number of carbonyl (C=O) groups excluding carboxylic acids is 2. The number of carbonyl (C=O) groups is 2. The number of hydrogen-bond donors (Lipinski definition) is 2. The molecule has 1 heterocycles. The lowest BCUT2D eigenvalue weighted by molar-refractivity contribution is -0.124. The molecule has 2 rings (SSSR count). The van der Waals surface area contributed by atoms with Crippen LogP contribution in [-0.4, -0.2) is 29.9 Å². The first-order valence-electron chi connectivity index (χ1n) is 8.06. The van der Waals surface area contributed by atoms with Crippen molar-refractivity contribution in [2.24, 2.45) is 5.92 Å². The average Bonchev–Trinajstić information content (AvgIpc) is 2.61. The molecule has 0 aliphatic rings. The SMILES string of the molecule is CNC(=O)C(C)CC(C)NC(=O)c1cccc(-c2ccccc2)n1. The largest absolute Gasteiger partial charge is 0.359 e. The number of hydrogen-bond acceptors (Lipinski definition) is 3. The van der Waals surface area contributed by atoms with Crippen LogP contribution in [-0.2, 0) is 4.79 Å². The Morgan fingerprint density at radius 2 is 1.75 bits per heavy atom. The summed E-state index contributed by atoms with van der Waals surface area (Å²) >= 11 is 0. The van der Waals surface area contributed by atoms with Crippen LogP contribution in [0.15, 0.2) is 48.5 Å². The van der Waals surface area contributed by atoms with Gasteiger partial charge in [0.1, 0.15) is 5.69 Å². The van der Waals surface area contributed by atoms with Crippen molar-refractivity contribution in [2.75, 3.05) is 7.05 Å². The van der Waals surface area contributed by atoms with Gasteiger partial charge in [0.2, 0.25) is 5.91 Å². The molecule has 24 heavy (non-hydrogen) atoms. The number of benzene rings is 1. The van der Waals surface area contributed by atoms with Crippen LogP contribution in [0, 0.1) is 5.92 Å². The average molecular weight is 325 g/mol. The number of aromatic nitrogens is 1. The lowest BCUT2D eigenvalue weighted by Gasteiger charge is -2.17. The fraction of sp³-hybridized carbons (Fsp3) is 0.316. The third-order valence-electron chi connectivity index (χ3n) is 3.83. The Hall–Kier alpha value is -2.69. The van der Waals surface area contributed by atoms with E-state index in [4.69, 9.17) is 0 Å². The van der Waals surface area contributed by atoms with Gasteiger partial charge in [0.25, 0.3) is 5.91 Å². The molecular weight excluding hydrogens is 302 g/mol. The summed E-state index contributed by atoms with van der Waals surface area (Å²) in [5.74, 6) is -0.418. The molecule has 0 fully saturated rings. The summed E-state index contributed by atoms with van der Waals surface area (Å²) in [6.45, 7) is 3.73. The van der Waals surface area contributed by atoms with Crippen LogP contribution in [0.3, 0.4) is 0 Å². The maximum absolute atomic E-state index is 12.4. The van der Waals surface area contributed by atoms with Gasteiger partial charge in [-0.05, 0) is 25.5 Å². The molecule has 2 amide bonds. The molecule has 0 radical (unpaired) electrons. The second-order valence-electron chi connectivity index (χ2n) is 5.90. The fourth-order valence-electron chi connectivity index (χ4n) is 2.57. The van der Waals surface area contributed by atoms with Crippen molar-refractivity contribution in [1.82, 2.24) is 15.6 Å². The van der Waals surface area contributed by atoms with E-state index in [0.29, 0.717) is 12.1 Å². The lowest BCUT2D eigenvalue weighted by Crippen LogP contribution is -2.37. The molecule has 0 saturated carbocycles. The monoisotopic (exact) mass is 325 g/mol. The summed E-state index contributed by atoms with van der Waals surface area (Å²) in [6.07, 6.45) is 0.573. The zero-order valence-corrected chi connectivity index (χ0v) is 14.2. The number of nitrogens with zero attached hydrogens (tertiary/aromatic N) is 1. The molecule has 0 aliphatic heterocycles. The van der Waals surface area contributed by atoms with Crippen LogP contribution in [0.4, 0.5) is 0 Å².